The van der Waals surface area contributed by atoms with Crippen molar-refractivity contribution < 1.29 is 9.53 Å². The molecule has 0 aliphatic rings. The van der Waals surface area contributed by atoms with Crippen molar-refractivity contribution in [3.63, 3.8) is 0 Å². The lowest BCUT2D eigenvalue weighted by Crippen LogP contribution is -2.26. The molecule has 0 N–H and O–H groups in total. The van der Waals surface area contributed by atoms with Crippen molar-refractivity contribution in [1.82, 2.24) is 19.7 Å². The number of carbonyl (C=O) groups excluding carboxylic acids is 1. The first-order valence-electron chi connectivity index (χ1n) is 5.97. The minimum absolute atomic E-state index is 0.0388. The van der Waals surface area contributed by atoms with E-state index in [9.17, 15) is 4.79 Å². The van der Waals surface area contributed by atoms with Crippen LogP contribution in [0.15, 0.2) is 30.7 Å². The second-order valence-electron chi connectivity index (χ2n) is 5.07. The van der Waals surface area contributed by atoms with Crippen LogP contribution in [0.5, 0.6) is 0 Å². The van der Waals surface area contributed by atoms with Gasteiger partial charge in [0.2, 0.25) is 0 Å². The molecule has 0 fully saturated rings. The summed E-state index contributed by atoms with van der Waals surface area (Å²) in [5.41, 5.74) is 0.173. The molecule has 100 valence electrons. The zero-order chi connectivity index (χ0) is 13.9. The quantitative estimate of drug-likeness (QED) is 0.785. The molecule has 2 rings (SSSR count). The fourth-order valence-electron chi connectivity index (χ4n) is 1.49. The first-order valence-corrected chi connectivity index (χ1v) is 5.97. The summed E-state index contributed by atoms with van der Waals surface area (Å²) in [7, 11) is 0. The standard InChI is InChI=1S/C13H16N4O2/c1-13(2,3)19-11(18)8-17-9-15-12(16-17)10-6-4-5-7-14-10/h4-7,9H,8H2,1-3H3. The van der Waals surface area contributed by atoms with E-state index in [2.05, 4.69) is 15.1 Å². The summed E-state index contributed by atoms with van der Waals surface area (Å²) < 4.78 is 6.66. The SMILES string of the molecule is CC(C)(C)OC(=O)Cn1cnc(-c2ccccn2)n1. The topological polar surface area (TPSA) is 69.9 Å². The van der Waals surface area contributed by atoms with Gasteiger partial charge in [0.25, 0.3) is 0 Å². The Hall–Kier alpha value is -2.24. The second kappa shape index (κ2) is 5.17. The van der Waals surface area contributed by atoms with Crippen LogP contribution in [0.2, 0.25) is 0 Å². The van der Waals surface area contributed by atoms with Gasteiger partial charge in [0.1, 0.15) is 24.2 Å². The number of nitrogens with zero attached hydrogens (tertiary/aromatic N) is 4. The number of aromatic nitrogens is 4. The van der Waals surface area contributed by atoms with Gasteiger partial charge in [-0.25, -0.2) is 9.67 Å². The highest BCUT2D eigenvalue weighted by atomic mass is 16.6. The van der Waals surface area contributed by atoms with Gasteiger partial charge in [0, 0.05) is 6.20 Å². The van der Waals surface area contributed by atoms with E-state index in [-0.39, 0.29) is 12.5 Å². The lowest BCUT2D eigenvalue weighted by molar-refractivity contribution is -0.155. The molecule has 2 heterocycles. The van der Waals surface area contributed by atoms with Crippen LogP contribution in [0.4, 0.5) is 0 Å². The predicted molar refractivity (Wildman–Crippen MR) is 69.1 cm³/mol. The Morgan fingerprint density at radius 1 is 1.32 bits per heavy atom. The van der Waals surface area contributed by atoms with Crippen LogP contribution >= 0.6 is 0 Å². The molecule has 19 heavy (non-hydrogen) atoms. The molecular formula is C13H16N4O2. The van der Waals surface area contributed by atoms with Crippen LogP contribution in [-0.2, 0) is 16.1 Å². The highest BCUT2D eigenvalue weighted by Crippen LogP contribution is 2.10. The fraction of sp³-hybridized carbons (Fsp3) is 0.385. The van der Waals surface area contributed by atoms with Gasteiger partial charge in [-0.15, -0.1) is 5.10 Å². The molecule has 0 saturated carbocycles. The average molecular weight is 260 g/mol. The number of pyridine rings is 1. The minimum Gasteiger partial charge on any atom is -0.459 e. The Morgan fingerprint density at radius 3 is 2.74 bits per heavy atom. The van der Waals surface area contributed by atoms with Crippen LogP contribution in [0.3, 0.4) is 0 Å². The van der Waals surface area contributed by atoms with Crippen LogP contribution in [-0.4, -0.2) is 31.3 Å². The number of carbonyl (C=O) groups is 1. The Bertz CT molecular complexity index is 558. The van der Waals surface area contributed by atoms with Gasteiger partial charge in [0.15, 0.2) is 5.82 Å². The summed E-state index contributed by atoms with van der Waals surface area (Å²) in [6, 6.07) is 5.49. The summed E-state index contributed by atoms with van der Waals surface area (Å²) in [6.45, 7) is 5.51. The maximum Gasteiger partial charge on any atom is 0.328 e. The third-order valence-corrected chi connectivity index (χ3v) is 2.14. The Balaban J connectivity index is 2.04. The van der Waals surface area contributed by atoms with E-state index >= 15 is 0 Å². The number of esters is 1. The highest BCUT2D eigenvalue weighted by molar-refractivity contribution is 5.69. The van der Waals surface area contributed by atoms with Crippen molar-refractivity contribution in [2.45, 2.75) is 32.9 Å². The minimum atomic E-state index is -0.499. The first-order chi connectivity index (χ1) is 8.94. The van der Waals surface area contributed by atoms with Crippen LogP contribution < -0.4 is 0 Å². The van der Waals surface area contributed by atoms with Crippen LogP contribution in [0.25, 0.3) is 11.5 Å². The van der Waals surface area contributed by atoms with Crippen molar-refractivity contribution in [2.75, 3.05) is 0 Å². The molecule has 0 radical (unpaired) electrons. The smallest absolute Gasteiger partial charge is 0.328 e. The number of hydrogen-bond acceptors (Lipinski definition) is 5. The van der Waals surface area contributed by atoms with E-state index in [1.165, 1.54) is 11.0 Å². The lowest BCUT2D eigenvalue weighted by atomic mass is 10.2. The van der Waals surface area contributed by atoms with Gasteiger partial charge >= 0.3 is 5.97 Å². The fourth-order valence-corrected chi connectivity index (χ4v) is 1.49. The van der Waals surface area contributed by atoms with Gasteiger partial charge in [-0.2, -0.15) is 0 Å². The van der Waals surface area contributed by atoms with Crippen molar-refractivity contribution in [3.05, 3.63) is 30.7 Å². The molecule has 2 aromatic rings. The van der Waals surface area contributed by atoms with Crippen molar-refractivity contribution >= 4 is 5.97 Å². The highest BCUT2D eigenvalue weighted by Gasteiger charge is 2.17. The van der Waals surface area contributed by atoms with Gasteiger partial charge in [-0.05, 0) is 32.9 Å². The van der Waals surface area contributed by atoms with Gasteiger partial charge < -0.3 is 4.74 Å². The molecule has 0 saturated heterocycles. The molecule has 0 aromatic carbocycles. The molecule has 0 unspecified atom stereocenters. The van der Waals surface area contributed by atoms with Crippen LogP contribution in [0.1, 0.15) is 20.8 Å². The largest absolute Gasteiger partial charge is 0.459 e. The Kier molecular flexibility index (Phi) is 3.59. The third-order valence-electron chi connectivity index (χ3n) is 2.14. The van der Waals surface area contributed by atoms with E-state index in [1.54, 1.807) is 6.20 Å². The predicted octanol–water partition coefficient (Wildman–Crippen LogP) is 1.68. The molecule has 0 amide bonds. The molecule has 0 atom stereocenters. The summed E-state index contributed by atoms with van der Waals surface area (Å²) in [5, 5.41) is 4.19. The molecule has 0 bridgehead atoms. The van der Waals surface area contributed by atoms with E-state index in [1.807, 2.05) is 39.0 Å². The lowest BCUT2D eigenvalue weighted by Gasteiger charge is -2.19. The first kappa shape index (κ1) is 13.2. The maximum absolute atomic E-state index is 11.6. The monoisotopic (exact) mass is 260 g/mol. The zero-order valence-corrected chi connectivity index (χ0v) is 11.2. The molecular weight excluding hydrogens is 244 g/mol. The zero-order valence-electron chi connectivity index (χ0n) is 11.2. The van der Waals surface area contributed by atoms with Crippen molar-refractivity contribution in [1.29, 1.82) is 0 Å². The van der Waals surface area contributed by atoms with Crippen LogP contribution in [0, 0.1) is 0 Å². The molecule has 0 spiro atoms. The maximum atomic E-state index is 11.6. The second-order valence-corrected chi connectivity index (χ2v) is 5.07. The summed E-state index contributed by atoms with van der Waals surface area (Å²) in [5.74, 6) is 0.147. The molecule has 6 nitrogen and oxygen atoms in total. The van der Waals surface area contributed by atoms with Gasteiger partial charge in [0.05, 0.1) is 0 Å². The van der Waals surface area contributed by atoms with E-state index in [0.717, 1.165) is 0 Å². The molecule has 0 aliphatic carbocycles. The van der Waals surface area contributed by atoms with E-state index in [4.69, 9.17) is 4.74 Å². The van der Waals surface area contributed by atoms with Crippen molar-refractivity contribution in [2.24, 2.45) is 0 Å². The summed E-state index contributed by atoms with van der Waals surface area (Å²) >= 11 is 0. The Labute approximate surface area is 111 Å². The molecule has 6 heteroatoms. The summed E-state index contributed by atoms with van der Waals surface area (Å²) in [6.07, 6.45) is 3.16. The summed E-state index contributed by atoms with van der Waals surface area (Å²) in [4.78, 5) is 19.9. The van der Waals surface area contributed by atoms with E-state index in [0.29, 0.717) is 11.5 Å². The number of hydrogen-bond donors (Lipinski definition) is 0. The number of ether oxygens (including phenoxy) is 1. The van der Waals surface area contributed by atoms with Crippen molar-refractivity contribution in [3.8, 4) is 11.5 Å². The van der Waals surface area contributed by atoms with E-state index < -0.39 is 5.60 Å². The average Bonchev–Trinajstić information content (AvgIpc) is 2.76. The Morgan fingerprint density at radius 2 is 2.11 bits per heavy atom. The molecule has 2 aromatic heterocycles. The molecule has 0 aliphatic heterocycles. The normalized spacial score (nSPS) is 11.3. The van der Waals surface area contributed by atoms with Gasteiger partial charge in [-0.3, -0.25) is 9.78 Å². The number of rotatable bonds is 3. The third kappa shape index (κ3) is 3.87. The van der Waals surface area contributed by atoms with Gasteiger partial charge in [-0.1, -0.05) is 6.07 Å².